The quantitative estimate of drug-likeness (QED) is 0.0240. The second-order valence-electron chi connectivity index (χ2n) is 22.3. The molecule has 10 nitrogen and oxygen atoms in total. The Morgan fingerprint density at radius 1 is 0.346 bits per heavy atom. The average Bonchev–Trinajstić information content (AvgIpc) is 3.49. The third-order valence-electron chi connectivity index (χ3n) is 15.1. The number of carbonyl (C=O) groups excluding carboxylic acids is 3. The van der Waals surface area contributed by atoms with Gasteiger partial charge in [-0.2, -0.15) is 0 Å². The van der Waals surface area contributed by atoms with E-state index in [1.54, 1.807) is 60.7 Å². The largest absolute Gasteiger partial charge is 0.494 e. The van der Waals surface area contributed by atoms with Crippen LogP contribution in [-0.2, 0) is 9.53 Å². The molecule has 0 spiro atoms. The minimum Gasteiger partial charge on any atom is -0.494 e. The molecule has 0 N–H and O–H groups in total. The van der Waals surface area contributed by atoms with E-state index in [2.05, 4.69) is 20.8 Å². The topological polar surface area (TPSA) is 116 Å². The molecule has 1 unspecified atom stereocenters. The summed E-state index contributed by atoms with van der Waals surface area (Å²) in [5.74, 6) is 1.87. The second-order valence-corrected chi connectivity index (χ2v) is 22.3. The number of benzene rings is 4. The Labute approximate surface area is 490 Å². The zero-order valence-corrected chi connectivity index (χ0v) is 51.1. The molecule has 0 saturated heterocycles. The maximum atomic E-state index is 14.1. The third kappa shape index (κ3) is 29.9. The SMILES string of the molecule is CCCCCCCCCCCCOc1cc(C(=O)Oc2ccc(-c3ccc(OC(=O)c4ccc(OCCCCOC(=O)C(C)CC)cc4)cc3)cc2)cc(OCCCCCCCCCCCC)c1OCCCCCCCCCCCC. The number of ether oxygens (including phenoxy) is 7. The van der Waals surface area contributed by atoms with Gasteiger partial charge in [-0.25, -0.2) is 9.59 Å². The Balaban J connectivity index is 1.37. The monoisotopic (exact) mass is 1120 g/mol. The number of esters is 3. The van der Waals surface area contributed by atoms with Crippen molar-refractivity contribution in [3.05, 3.63) is 96.1 Å². The Morgan fingerprint density at radius 3 is 1.06 bits per heavy atom. The van der Waals surface area contributed by atoms with Crippen molar-refractivity contribution in [3.63, 3.8) is 0 Å². The molecule has 4 rings (SSSR count). The van der Waals surface area contributed by atoms with Gasteiger partial charge in [0, 0.05) is 0 Å². The predicted molar refractivity (Wildman–Crippen MR) is 332 cm³/mol. The number of carbonyl (C=O) groups is 3. The van der Waals surface area contributed by atoms with Crippen LogP contribution in [0, 0.1) is 5.92 Å². The highest BCUT2D eigenvalue weighted by atomic mass is 16.6. The van der Waals surface area contributed by atoms with Gasteiger partial charge in [0.2, 0.25) is 5.75 Å². The van der Waals surface area contributed by atoms with Crippen molar-refractivity contribution in [2.24, 2.45) is 5.92 Å². The van der Waals surface area contributed by atoms with Crippen LogP contribution in [0.3, 0.4) is 0 Å². The maximum absolute atomic E-state index is 14.1. The van der Waals surface area contributed by atoms with E-state index in [0.29, 0.717) is 85.1 Å². The van der Waals surface area contributed by atoms with E-state index in [4.69, 9.17) is 33.2 Å². The fourth-order valence-electron chi connectivity index (χ4n) is 9.68. The molecule has 10 heteroatoms. The van der Waals surface area contributed by atoms with Crippen molar-refractivity contribution >= 4 is 17.9 Å². The van der Waals surface area contributed by atoms with Gasteiger partial charge >= 0.3 is 17.9 Å². The highest BCUT2D eigenvalue weighted by Gasteiger charge is 2.21. The molecule has 0 bridgehead atoms. The molecular weight excluding hydrogens is 1010 g/mol. The highest BCUT2D eigenvalue weighted by Crippen LogP contribution is 2.40. The fraction of sp³-hybridized carbons (Fsp3) is 0.620. The average molecular weight is 1120 g/mol. The van der Waals surface area contributed by atoms with Gasteiger partial charge in [0.15, 0.2) is 11.5 Å². The first-order valence-electron chi connectivity index (χ1n) is 32.4. The van der Waals surface area contributed by atoms with Crippen molar-refractivity contribution in [1.82, 2.24) is 0 Å². The van der Waals surface area contributed by atoms with Gasteiger partial charge in [-0.05, 0) is 110 Å². The van der Waals surface area contributed by atoms with Crippen LogP contribution in [0.25, 0.3) is 11.1 Å². The summed E-state index contributed by atoms with van der Waals surface area (Å²) in [4.78, 5) is 39.0. The molecule has 0 aromatic heterocycles. The van der Waals surface area contributed by atoms with Crippen LogP contribution in [-0.4, -0.2) is 50.9 Å². The zero-order valence-electron chi connectivity index (χ0n) is 51.1. The van der Waals surface area contributed by atoms with Gasteiger partial charge in [0.1, 0.15) is 17.2 Å². The molecule has 4 aromatic carbocycles. The third-order valence-corrected chi connectivity index (χ3v) is 15.1. The Bertz CT molecular complexity index is 2190. The minimum absolute atomic E-state index is 0.0865. The molecular formula is C71H106O10. The van der Waals surface area contributed by atoms with Crippen LogP contribution in [0.5, 0.6) is 34.5 Å². The van der Waals surface area contributed by atoms with Gasteiger partial charge < -0.3 is 33.2 Å². The van der Waals surface area contributed by atoms with E-state index in [0.717, 1.165) is 62.5 Å². The van der Waals surface area contributed by atoms with Gasteiger partial charge in [-0.3, -0.25) is 4.79 Å². The molecule has 0 aliphatic heterocycles. The maximum Gasteiger partial charge on any atom is 0.343 e. The predicted octanol–water partition coefficient (Wildman–Crippen LogP) is 20.4. The standard InChI is InChI=1S/C71H106O10/c1-6-10-13-16-19-22-25-28-31-34-52-76-66-56-62(57-67(77-53-35-32-29-26-23-20-17-14-11-7-2)68(66)78-54-36-33-30-27-24-21-18-15-12-8-3)71(74)81-65-49-41-60(42-50-65)59-39-47-64(48-40-59)80-70(73)61-43-45-63(46-44-61)75-51-37-38-55-79-69(72)58(5)9-4/h39-50,56-58H,6-38,51-55H2,1-5H3. The lowest BCUT2D eigenvalue weighted by Crippen LogP contribution is -2.15. The molecule has 450 valence electrons. The van der Waals surface area contributed by atoms with Crippen molar-refractivity contribution in [1.29, 1.82) is 0 Å². The number of hydrogen-bond donors (Lipinski definition) is 0. The number of unbranched alkanes of at least 4 members (excludes halogenated alkanes) is 28. The highest BCUT2D eigenvalue weighted by molar-refractivity contribution is 5.93. The molecule has 1 atom stereocenters. The van der Waals surface area contributed by atoms with E-state index in [-0.39, 0.29) is 11.9 Å². The van der Waals surface area contributed by atoms with Crippen LogP contribution in [0.1, 0.15) is 267 Å². The van der Waals surface area contributed by atoms with Crippen LogP contribution in [0.2, 0.25) is 0 Å². The lowest BCUT2D eigenvalue weighted by molar-refractivity contribution is -0.148. The lowest BCUT2D eigenvalue weighted by Gasteiger charge is -2.19. The zero-order chi connectivity index (χ0) is 57.8. The van der Waals surface area contributed by atoms with E-state index < -0.39 is 11.9 Å². The normalized spacial score (nSPS) is 11.5. The Kier molecular flexibility index (Phi) is 37.0. The molecule has 0 heterocycles. The van der Waals surface area contributed by atoms with Gasteiger partial charge in [-0.1, -0.05) is 232 Å². The van der Waals surface area contributed by atoms with Crippen LogP contribution < -0.4 is 28.4 Å². The van der Waals surface area contributed by atoms with E-state index in [1.807, 2.05) is 38.1 Å². The number of hydrogen-bond acceptors (Lipinski definition) is 10. The first kappa shape index (κ1) is 68.0. The van der Waals surface area contributed by atoms with Crippen molar-refractivity contribution < 1.29 is 47.5 Å². The molecule has 81 heavy (non-hydrogen) atoms. The Morgan fingerprint density at radius 2 is 0.667 bits per heavy atom. The van der Waals surface area contributed by atoms with Crippen LogP contribution >= 0.6 is 0 Å². The molecule has 0 aliphatic carbocycles. The summed E-state index contributed by atoms with van der Waals surface area (Å²) < 4.78 is 42.5. The second kappa shape index (κ2) is 44.1. The van der Waals surface area contributed by atoms with Crippen molar-refractivity contribution in [3.8, 4) is 45.6 Å². The summed E-state index contributed by atoms with van der Waals surface area (Å²) in [5, 5.41) is 0. The summed E-state index contributed by atoms with van der Waals surface area (Å²) in [6, 6.07) is 25.1. The first-order chi connectivity index (χ1) is 39.8. The summed E-state index contributed by atoms with van der Waals surface area (Å²) in [6.07, 6.45) is 39.4. The molecule has 0 amide bonds. The summed E-state index contributed by atoms with van der Waals surface area (Å²) in [5.41, 5.74) is 2.56. The van der Waals surface area contributed by atoms with E-state index in [9.17, 15) is 14.4 Å². The summed E-state index contributed by atoms with van der Waals surface area (Å²) in [6.45, 7) is 13.1. The van der Waals surface area contributed by atoms with Crippen molar-refractivity contribution in [2.75, 3.05) is 33.0 Å². The summed E-state index contributed by atoms with van der Waals surface area (Å²) >= 11 is 0. The smallest absolute Gasteiger partial charge is 0.343 e. The lowest BCUT2D eigenvalue weighted by atomic mass is 10.1. The fourth-order valence-corrected chi connectivity index (χ4v) is 9.68. The van der Waals surface area contributed by atoms with Gasteiger partial charge in [-0.15, -0.1) is 0 Å². The molecule has 0 fully saturated rings. The molecule has 0 saturated carbocycles. The van der Waals surface area contributed by atoms with Crippen LogP contribution in [0.15, 0.2) is 84.9 Å². The van der Waals surface area contributed by atoms with E-state index in [1.165, 1.54) is 154 Å². The molecule has 0 aliphatic rings. The molecule has 0 radical (unpaired) electrons. The summed E-state index contributed by atoms with van der Waals surface area (Å²) in [7, 11) is 0. The van der Waals surface area contributed by atoms with E-state index >= 15 is 0 Å². The minimum atomic E-state index is -0.502. The van der Waals surface area contributed by atoms with Crippen LogP contribution in [0.4, 0.5) is 0 Å². The Hall–Kier alpha value is -5.51. The van der Waals surface area contributed by atoms with Gasteiger partial charge in [0.05, 0.1) is 50.1 Å². The van der Waals surface area contributed by atoms with Crippen molar-refractivity contribution in [2.45, 2.75) is 247 Å². The first-order valence-corrected chi connectivity index (χ1v) is 32.4. The number of rotatable bonds is 49. The molecule has 4 aromatic rings. The van der Waals surface area contributed by atoms with Gasteiger partial charge in [0.25, 0.3) is 0 Å².